The summed E-state index contributed by atoms with van der Waals surface area (Å²) in [5.74, 6) is 0.866. The Morgan fingerprint density at radius 1 is 1.38 bits per heavy atom. The van der Waals surface area contributed by atoms with Crippen molar-refractivity contribution in [3.05, 3.63) is 42.2 Å². The molecule has 7 heteroatoms. The van der Waals surface area contributed by atoms with Gasteiger partial charge in [-0.05, 0) is 44.5 Å². The van der Waals surface area contributed by atoms with E-state index >= 15 is 0 Å². The highest BCUT2D eigenvalue weighted by atomic mass is 32.2. The molecule has 0 saturated heterocycles. The van der Waals surface area contributed by atoms with Gasteiger partial charge in [0, 0.05) is 6.20 Å². The zero-order valence-electron chi connectivity index (χ0n) is 13.9. The number of aromatic nitrogens is 1. The normalized spacial score (nSPS) is 17.1. The lowest BCUT2D eigenvalue weighted by Crippen LogP contribution is -2.42. The Labute approximate surface area is 142 Å². The molecule has 2 heterocycles. The minimum absolute atomic E-state index is 0.0633. The van der Waals surface area contributed by atoms with E-state index in [2.05, 4.69) is 4.98 Å². The SMILES string of the molecule is CCOc1ccncc1S(=O)(=O)N1CC(C)Oc2ccc(C)cc21. The van der Waals surface area contributed by atoms with E-state index in [0.717, 1.165) is 5.56 Å². The molecule has 24 heavy (non-hydrogen) atoms. The van der Waals surface area contributed by atoms with E-state index in [1.54, 1.807) is 12.1 Å². The van der Waals surface area contributed by atoms with Crippen LogP contribution in [0, 0.1) is 6.92 Å². The number of nitrogens with zero attached hydrogens (tertiary/aromatic N) is 2. The van der Waals surface area contributed by atoms with Crippen LogP contribution in [0.1, 0.15) is 19.4 Å². The fourth-order valence-electron chi connectivity index (χ4n) is 2.69. The van der Waals surface area contributed by atoms with E-state index in [9.17, 15) is 8.42 Å². The molecule has 1 aliphatic rings. The molecule has 0 amide bonds. The van der Waals surface area contributed by atoms with Crippen LogP contribution in [0.5, 0.6) is 11.5 Å². The van der Waals surface area contributed by atoms with Crippen molar-refractivity contribution >= 4 is 15.7 Å². The number of benzene rings is 1. The summed E-state index contributed by atoms with van der Waals surface area (Å²) >= 11 is 0. The zero-order valence-corrected chi connectivity index (χ0v) is 14.7. The van der Waals surface area contributed by atoms with Crippen LogP contribution in [-0.2, 0) is 10.0 Å². The molecule has 0 bridgehead atoms. The number of aryl methyl sites for hydroxylation is 1. The summed E-state index contributed by atoms with van der Waals surface area (Å²) in [7, 11) is -3.81. The van der Waals surface area contributed by atoms with E-state index in [0.29, 0.717) is 23.8 Å². The lowest BCUT2D eigenvalue weighted by atomic mass is 10.2. The van der Waals surface area contributed by atoms with Crippen molar-refractivity contribution in [3.63, 3.8) is 0 Å². The summed E-state index contributed by atoms with van der Waals surface area (Å²) in [5, 5.41) is 0. The third-order valence-electron chi connectivity index (χ3n) is 3.75. The topological polar surface area (TPSA) is 68.7 Å². The maximum absolute atomic E-state index is 13.3. The maximum atomic E-state index is 13.3. The van der Waals surface area contributed by atoms with Gasteiger partial charge in [-0.2, -0.15) is 0 Å². The summed E-state index contributed by atoms with van der Waals surface area (Å²) in [6.45, 7) is 6.18. The molecule has 3 rings (SSSR count). The summed E-state index contributed by atoms with van der Waals surface area (Å²) in [5.41, 5.74) is 1.50. The molecule has 1 atom stereocenters. The molecule has 6 nitrogen and oxygen atoms in total. The number of fused-ring (bicyclic) bond motifs is 1. The average Bonchev–Trinajstić information content (AvgIpc) is 2.55. The van der Waals surface area contributed by atoms with Crippen molar-refractivity contribution < 1.29 is 17.9 Å². The summed E-state index contributed by atoms with van der Waals surface area (Å²) < 4.78 is 39.1. The number of ether oxygens (including phenoxy) is 2. The van der Waals surface area contributed by atoms with E-state index in [1.165, 1.54) is 16.7 Å². The first-order valence-electron chi connectivity index (χ1n) is 7.80. The van der Waals surface area contributed by atoms with E-state index in [4.69, 9.17) is 9.47 Å². The van der Waals surface area contributed by atoms with Crippen molar-refractivity contribution in [2.75, 3.05) is 17.5 Å². The molecule has 0 radical (unpaired) electrons. The van der Waals surface area contributed by atoms with Crippen LogP contribution in [0.4, 0.5) is 5.69 Å². The van der Waals surface area contributed by atoms with Crippen molar-refractivity contribution in [2.24, 2.45) is 0 Å². The number of rotatable bonds is 4. The molecule has 1 aromatic heterocycles. The van der Waals surface area contributed by atoms with Gasteiger partial charge in [0.1, 0.15) is 22.5 Å². The minimum atomic E-state index is -3.81. The predicted molar refractivity (Wildman–Crippen MR) is 91.2 cm³/mol. The predicted octanol–water partition coefficient (Wildman–Crippen LogP) is 2.76. The van der Waals surface area contributed by atoms with Crippen molar-refractivity contribution in [2.45, 2.75) is 31.8 Å². The minimum Gasteiger partial charge on any atom is -0.492 e. The Kier molecular flexibility index (Phi) is 4.36. The summed E-state index contributed by atoms with van der Waals surface area (Å²) in [4.78, 5) is 4.03. The Bertz CT molecular complexity index is 851. The highest BCUT2D eigenvalue weighted by molar-refractivity contribution is 7.93. The fraction of sp³-hybridized carbons (Fsp3) is 0.353. The van der Waals surface area contributed by atoms with Gasteiger partial charge in [-0.25, -0.2) is 8.42 Å². The van der Waals surface area contributed by atoms with Crippen molar-refractivity contribution in [1.82, 2.24) is 4.98 Å². The van der Waals surface area contributed by atoms with Crippen LogP contribution in [0.15, 0.2) is 41.6 Å². The number of pyridine rings is 1. The molecule has 128 valence electrons. The lowest BCUT2D eigenvalue weighted by molar-refractivity contribution is 0.219. The monoisotopic (exact) mass is 348 g/mol. The van der Waals surface area contributed by atoms with E-state index in [-0.39, 0.29) is 17.5 Å². The number of hydrogen-bond acceptors (Lipinski definition) is 5. The van der Waals surface area contributed by atoms with Gasteiger partial charge in [0.25, 0.3) is 10.0 Å². The van der Waals surface area contributed by atoms with Crippen LogP contribution >= 0.6 is 0 Å². The van der Waals surface area contributed by atoms with Crippen LogP contribution in [0.25, 0.3) is 0 Å². The average molecular weight is 348 g/mol. The van der Waals surface area contributed by atoms with Crippen LogP contribution in [0.3, 0.4) is 0 Å². The van der Waals surface area contributed by atoms with Crippen molar-refractivity contribution in [3.8, 4) is 11.5 Å². The van der Waals surface area contributed by atoms with E-state index < -0.39 is 10.0 Å². The molecule has 0 fully saturated rings. The second-order valence-corrected chi connectivity index (χ2v) is 7.52. The molecular weight excluding hydrogens is 328 g/mol. The van der Waals surface area contributed by atoms with Gasteiger partial charge in [0.2, 0.25) is 0 Å². The highest BCUT2D eigenvalue weighted by Crippen LogP contribution is 2.39. The molecule has 1 unspecified atom stereocenters. The first-order valence-corrected chi connectivity index (χ1v) is 9.24. The molecule has 1 aliphatic heterocycles. The van der Waals surface area contributed by atoms with Gasteiger partial charge < -0.3 is 9.47 Å². The van der Waals surface area contributed by atoms with Gasteiger partial charge in [-0.3, -0.25) is 9.29 Å². The zero-order chi connectivity index (χ0) is 17.3. The van der Waals surface area contributed by atoms with Gasteiger partial charge in [0.15, 0.2) is 0 Å². The summed E-state index contributed by atoms with van der Waals surface area (Å²) in [6.07, 6.45) is 2.60. The van der Waals surface area contributed by atoms with Gasteiger partial charge >= 0.3 is 0 Å². The smallest absolute Gasteiger partial charge is 0.269 e. The lowest BCUT2D eigenvalue weighted by Gasteiger charge is -2.34. The van der Waals surface area contributed by atoms with Crippen LogP contribution in [0.2, 0.25) is 0 Å². The Hall–Kier alpha value is -2.28. The molecule has 0 spiro atoms. The fourth-order valence-corrected chi connectivity index (χ4v) is 4.31. The van der Waals surface area contributed by atoms with Gasteiger partial charge in [0.05, 0.1) is 25.0 Å². The van der Waals surface area contributed by atoms with E-state index in [1.807, 2.05) is 32.9 Å². The third kappa shape index (κ3) is 2.91. The Morgan fingerprint density at radius 3 is 2.92 bits per heavy atom. The molecule has 1 aromatic carbocycles. The molecule has 0 saturated carbocycles. The first-order chi connectivity index (χ1) is 11.4. The number of sulfonamides is 1. The third-order valence-corrected chi connectivity index (χ3v) is 5.54. The quantitative estimate of drug-likeness (QED) is 0.850. The Balaban J connectivity index is 2.13. The molecule has 0 aliphatic carbocycles. The second-order valence-electron chi connectivity index (χ2n) is 5.69. The Morgan fingerprint density at radius 2 is 2.17 bits per heavy atom. The largest absolute Gasteiger partial charge is 0.492 e. The molecule has 0 N–H and O–H groups in total. The highest BCUT2D eigenvalue weighted by Gasteiger charge is 2.35. The number of anilines is 1. The van der Waals surface area contributed by atoms with Gasteiger partial charge in [-0.1, -0.05) is 6.07 Å². The van der Waals surface area contributed by atoms with Crippen LogP contribution in [-0.4, -0.2) is 32.7 Å². The molecule has 2 aromatic rings. The first kappa shape index (κ1) is 16.6. The van der Waals surface area contributed by atoms with Gasteiger partial charge in [-0.15, -0.1) is 0 Å². The molecular formula is C17H20N2O4S. The second kappa shape index (κ2) is 6.32. The maximum Gasteiger partial charge on any atom is 0.269 e. The van der Waals surface area contributed by atoms with Crippen molar-refractivity contribution in [1.29, 1.82) is 0 Å². The standard InChI is InChI=1S/C17H20N2O4S/c1-4-22-16-7-8-18-10-17(16)24(20,21)19-11-13(3)23-15-6-5-12(2)9-14(15)19/h5-10,13H,4,11H2,1-3H3. The summed E-state index contributed by atoms with van der Waals surface area (Å²) in [6, 6.07) is 7.08. The van der Waals surface area contributed by atoms with Crippen LogP contribution < -0.4 is 13.8 Å². The number of hydrogen-bond donors (Lipinski definition) is 0.